The van der Waals surface area contributed by atoms with E-state index in [1.54, 1.807) is 0 Å². The SMILES string of the molecule is Cc1cccc(C)c1NC(C)C(NCc1ccc(NCC(Nc2c(C)cccc2C)P(c2ccccc2)c2ccccc2)cc1)P(c1ccccc1)c1ccccc1. The molecule has 0 aromatic heterocycles. The Hall–Kier alpha value is -5.24. The van der Waals surface area contributed by atoms with Gasteiger partial charge in [-0.1, -0.05) is 170 Å². The Morgan fingerprint density at radius 2 is 0.828 bits per heavy atom. The van der Waals surface area contributed by atoms with Crippen LogP contribution in [0.4, 0.5) is 17.1 Å². The van der Waals surface area contributed by atoms with Gasteiger partial charge in [0, 0.05) is 36.2 Å². The van der Waals surface area contributed by atoms with Crippen molar-refractivity contribution < 1.29 is 0 Å². The van der Waals surface area contributed by atoms with Crippen molar-refractivity contribution in [3.05, 3.63) is 210 Å². The van der Waals surface area contributed by atoms with Crippen LogP contribution < -0.4 is 42.5 Å². The quantitative estimate of drug-likeness (QED) is 0.0693. The molecule has 4 nitrogen and oxygen atoms in total. The van der Waals surface area contributed by atoms with Crippen LogP contribution in [-0.4, -0.2) is 24.2 Å². The van der Waals surface area contributed by atoms with E-state index in [0.717, 1.165) is 18.8 Å². The molecule has 7 rings (SSSR count). The summed E-state index contributed by atoms with van der Waals surface area (Å²) in [5.41, 5.74) is 9.88. The maximum absolute atomic E-state index is 4.09. The van der Waals surface area contributed by atoms with Crippen LogP contribution >= 0.6 is 15.8 Å². The number of anilines is 3. The van der Waals surface area contributed by atoms with Crippen LogP contribution in [0.2, 0.25) is 0 Å². The summed E-state index contributed by atoms with van der Waals surface area (Å²) in [5.74, 6) is 0.298. The monoisotopic (exact) mass is 798 g/mol. The number of para-hydroxylation sites is 2. The van der Waals surface area contributed by atoms with Crippen LogP contribution in [0.5, 0.6) is 0 Å². The number of hydrogen-bond acceptors (Lipinski definition) is 4. The second-order valence-corrected chi connectivity index (χ2v) is 19.8. The molecule has 0 saturated heterocycles. The smallest absolute Gasteiger partial charge is 0.0713 e. The zero-order valence-corrected chi connectivity index (χ0v) is 36.2. The fraction of sp³-hybridized carbons (Fsp3) is 0.192. The van der Waals surface area contributed by atoms with Gasteiger partial charge in [-0.05, 0) is 112 Å². The number of hydrogen-bond donors (Lipinski definition) is 4. The first-order valence-electron chi connectivity index (χ1n) is 20.4. The van der Waals surface area contributed by atoms with Gasteiger partial charge in [0.15, 0.2) is 0 Å². The lowest BCUT2D eigenvalue weighted by Gasteiger charge is -2.35. The van der Waals surface area contributed by atoms with Crippen molar-refractivity contribution in [2.24, 2.45) is 0 Å². The maximum Gasteiger partial charge on any atom is 0.0713 e. The summed E-state index contributed by atoms with van der Waals surface area (Å²) in [6.45, 7) is 12.7. The summed E-state index contributed by atoms with van der Waals surface area (Å²) in [6, 6.07) is 66.4. The van der Waals surface area contributed by atoms with Crippen LogP contribution in [-0.2, 0) is 6.54 Å². The summed E-state index contributed by atoms with van der Waals surface area (Å²) < 4.78 is 0. The van der Waals surface area contributed by atoms with E-state index in [4.69, 9.17) is 0 Å². The molecule has 7 aromatic rings. The molecule has 0 heterocycles. The number of benzene rings is 7. The van der Waals surface area contributed by atoms with Gasteiger partial charge < -0.3 is 21.3 Å². The van der Waals surface area contributed by atoms with Gasteiger partial charge in [0.2, 0.25) is 0 Å². The molecular formula is C52H56N4P2. The van der Waals surface area contributed by atoms with E-state index in [1.807, 2.05) is 0 Å². The van der Waals surface area contributed by atoms with Crippen molar-refractivity contribution in [1.82, 2.24) is 5.32 Å². The van der Waals surface area contributed by atoms with Crippen LogP contribution in [0.3, 0.4) is 0 Å². The molecule has 7 aromatic carbocycles. The molecule has 0 spiro atoms. The Kier molecular flexibility index (Phi) is 14.1. The van der Waals surface area contributed by atoms with Gasteiger partial charge in [0.05, 0.1) is 11.6 Å². The standard InChI is InChI=1S/C52H56N4P2/c1-38-20-18-21-39(2)50(38)55-42(5)52(58(47-28-14-8-15-29-47)48-30-16-9-17-31-48)54-36-43-32-34-44(35-33-43)53-37-49(56-51-40(3)22-19-23-41(51)4)57(45-24-10-6-11-25-45)46-26-12-7-13-27-46/h6-35,42,49,52-56H,36-37H2,1-5H3. The molecule has 58 heavy (non-hydrogen) atoms. The normalized spacial score (nSPS) is 12.9. The Labute approximate surface area is 349 Å². The van der Waals surface area contributed by atoms with Gasteiger partial charge in [0.1, 0.15) is 0 Å². The van der Waals surface area contributed by atoms with Gasteiger partial charge in [-0.15, -0.1) is 0 Å². The fourth-order valence-corrected chi connectivity index (χ4v) is 13.0. The molecule has 0 aliphatic heterocycles. The summed E-state index contributed by atoms with van der Waals surface area (Å²) in [7, 11) is -1.49. The predicted octanol–water partition coefficient (Wildman–Crippen LogP) is 11.0. The van der Waals surface area contributed by atoms with E-state index in [2.05, 4.69) is 238 Å². The summed E-state index contributed by atoms with van der Waals surface area (Å²) in [5, 5.41) is 21.4. The third kappa shape index (κ3) is 10.2. The lowest BCUT2D eigenvalue weighted by molar-refractivity contribution is 0.586. The molecule has 0 bridgehead atoms. The minimum atomic E-state index is -0.747. The van der Waals surface area contributed by atoms with E-state index in [0.29, 0.717) is 0 Å². The summed E-state index contributed by atoms with van der Waals surface area (Å²) in [6.07, 6.45) is 0. The minimum absolute atomic E-state index is 0.141. The molecule has 0 aliphatic carbocycles. The molecule has 4 N–H and O–H groups in total. The Balaban J connectivity index is 1.13. The van der Waals surface area contributed by atoms with E-state index in [9.17, 15) is 0 Å². The highest BCUT2D eigenvalue weighted by molar-refractivity contribution is 7.74. The number of rotatable bonds is 17. The van der Waals surface area contributed by atoms with Crippen LogP contribution in [0, 0.1) is 27.7 Å². The molecule has 0 fully saturated rings. The molecule has 294 valence electrons. The van der Waals surface area contributed by atoms with Gasteiger partial charge in [-0.2, -0.15) is 0 Å². The largest absolute Gasteiger partial charge is 0.383 e. The summed E-state index contributed by atoms with van der Waals surface area (Å²) in [4.78, 5) is 0. The zero-order chi connectivity index (χ0) is 40.3. The fourth-order valence-electron chi connectivity index (χ4n) is 7.77. The number of aryl methyl sites for hydroxylation is 4. The Bertz CT molecular complexity index is 2200. The first-order valence-corrected chi connectivity index (χ1v) is 23.2. The molecule has 0 radical (unpaired) electrons. The summed E-state index contributed by atoms with van der Waals surface area (Å²) >= 11 is 0. The van der Waals surface area contributed by atoms with Gasteiger partial charge >= 0.3 is 0 Å². The van der Waals surface area contributed by atoms with Crippen molar-refractivity contribution in [3.8, 4) is 0 Å². The lowest BCUT2D eigenvalue weighted by atomic mass is 10.1. The molecule has 0 amide bonds. The lowest BCUT2D eigenvalue weighted by Crippen LogP contribution is -2.44. The maximum atomic E-state index is 4.09. The first-order chi connectivity index (χ1) is 28.4. The van der Waals surface area contributed by atoms with Crippen molar-refractivity contribution >= 4 is 54.1 Å². The van der Waals surface area contributed by atoms with Crippen LogP contribution in [0.25, 0.3) is 0 Å². The van der Waals surface area contributed by atoms with E-state index >= 15 is 0 Å². The minimum Gasteiger partial charge on any atom is -0.383 e. The highest BCUT2D eigenvalue weighted by atomic mass is 31.1. The zero-order valence-electron chi connectivity index (χ0n) is 34.4. The van der Waals surface area contributed by atoms with E-state index in [1.165, 1.54) is 60.4 Å². The van der Waals surface area contributed by atoms with Crippen molar-refractivity contribution in [1.29, 1.82) is 0 Å². The number of nitrogens with one attached hydrogen (secondary N) is 4. The average Bonchev–Trinajstić information content (AvgIpc) is 3.25. The van der Waals surface area contributed by atoms with Crippen molar-refractivity contribution in [2.45, 2.75) is 58.8 Å². The third-order valence-electron chi connectivity index (χ3n) is 10.8. The van der Waals surface area contributed by atoms with Crippen LogP contribution in [0.15, 0.2) is 182 Å². The van der Waals surface area contributed by atoms with Crippen molar-refractivity contribution in [2.75, 3.05) is 22.5 Å². The highest BCUT2D eigenvalue weighted by Crippen LogP contribution is 2.42. The van der Waals surface area contributed by atoms with Gasteiger partial charge in [-0.3, -0.25) is 0 Å². The topological polar surface area (TPSA) is 48.1 Å². The third-order valence-corrected chi connectivity index (χ3v) is 16.4. The van der Waals surface area contributed by atoms with Crippen LogP contribution in [0.1, 0.15) is 34.7 Å². The molecular weight excluding hydrogens is 743 g/mol. The molecule has 0 saturated carbocycles. The first kappa shape index (κ1) is 40.9. The second kappa shape index (κ2) is 20.0. The highest BCUT2D eigenvalue weighted by Gasteiger charge is 2.30. The Morgan fingerprint density at radius 1 is 0.431 bits per heavy atom. The van der Waals surface area contributed by atoms with E-state index < -0.39 is 15.8 Å². The van der Waals surface area contributed by atoms with Crippen molar-refractivity contribution in [3.63, 3.8) is 0 Å². The molecule has 3 unspecified atom stereocenters. The Morgan fingerprint density at radius 3 is 1.26 bits per heavy atom. The van der Waals surface area contributed by atoms with Gasteiger partial charge in [-0.25, -0.2) is 0 Å². The van der Waals surface area contributed by atoms with E-state index in [-0.39, 0.29) is 17.6 Å². The molecule has 3 atom stereocenters. The molecule has 0 aliphatic rings. The van der Waals surface area contributed by atoms with Gasteiger partial charge in [0.25, 0.3) is 0 Å². The average molecular weight is 799 g/mol. The molecule has 6 heteroatoms. The second-order valence-electron chi connectivity index (χ2n) is 15.1. The predicted molar refractivity (Wildman–Crippen MR) is 256 cm³/mol.